The second-order valence-electron chi connectivity index (χ2n) is 7.91. The van der Waals surface area contributed by atoms with Crippen LogP contribution in [-0.2, 0) is 25.9 Å². The van der Waals surface area contributed by atoms with Crippen LogP contribution in [-0.4, -0.2) is 47.4 Å². The molecule has 2 heterocycles. The van der Waals surface area contributed by atoms with Crippen LogP contribution < -0.4 is 5.73 Å². The van der Waals surface area contributed by atoms with Crippen molar-refractivity contribution in [1.29, 1.82) is 0 Å². The quantitative estimate of drug-likeness (QED) is 0.721. The number of sulfone groups is 1. The largest absolute Gasteiger partial charge is 0.376 e. The van der Waals surface area contributed by atoms with Crippen LogP contribution in [0.3, 0.4) is 0 Å². The summed E-state index contributed by atoms with van der Waals surface area (Å²) in [6.45, 7) is 8.09. The fourth-order valence-corrected chi connectivity index (χ4v) is 4.44. The van der Waals surface area contributed by atoms with Crippen LogP contribution in [0.25, 0.3) is 0 Å². The minimum Gasteiger partial charge on any atom is -0.376 e. The molecule has 1 saturated heterocycles. The first-order valence-electron chi connectivity index (χ1n) is 9.12. The first kappa shape index (κ1) is 21.0. The first-order chi connectivity index (χ1) is 12.1. The van der Waals surface area contributed by atoms with Crippen molar-refractivity contribution in [3.05, 3.63) is 5.82 Å². The van der Waals surface area contributed by atoms with Gasteiger partial charge in [-0.1, -0.05) is 34.1 Å². The first-order valence-corrected chi connectivity index (χ1v) is 10.8. The molecule has 2 N–H and O–H groups in total. The number of carbonyl (C=O) groups is 1. The maximum atomic E-state index is 12.9. The van der Waals surface area contributed by atoms with E-state index in [0.717, 1.165) is 19.3 Å². The van der Waals surface area contributed by atoms with Gasteiger partial charge in [0.25, 0.3) is 0 Å². The van der Waals surface area contributed by atoms with Gasteiger partial charge in [0.15, 0.2) is 11.6 Å². The summed E-state index contributed by atoms with van der Waals surface area (Å²) in [5, 5.41) is 7.77. The zero-order valence-electron chi connectivity index (χ0n) is 16.1. The predicted octanol–water partition coefficient (Wildman–Crippen LogP) is 1.65. The second kappa shape index (κ2) is 8.14. The number of carbonyl (C=O) groups excluding carboxylic acids is 1. The van der Waals surface area contributed by atoms with Crippen LogP contribution in [0.5, 0.6) is 0 Å². The van der Waals surface area contributed by atoms with Crippen LogP contribution >= 0.6 is 0 Å². The van der Waals surface area contributed by atoms with Crippen LogP contribution in [0.15, 0.2) is 5.16 Å². The molecule has 2 atom stereocenters. The van der Waals surface area contributed by atoms with E-state index in [1.807, 2.05) is 6.92 Å². The zero-order chi connectivity index (χ0) is 19.5. The van der Waals surface area contributed by atoms with E-state index in [-0.39, 0.29) is 17.0 Å². The molecule has 0 bridgehead atoms. The third-order valence-electron chi connectivity index (χ3n) is 4.52. The molecule has 1 aliphatic rings. The van der Waals surface area contributed by atoms with E-state index in [1.165, 1.54) is 0 Å². The number of Topliss-reactive ketones (excluding diaryl/α,β-unsaturated/α-hetero) is 1. The number of ether oxygens (including phenoxy) is 1. The van der Waals surface area contributed by atoms with Crippen molar-refractivity contribution in [2.24, 2.45) is 11.1 Å². The molecule has 2 unspecified atom stereocenters. The van der Waals surface area contributed by atoms with Crippen molar-refractivity contribution in [2.45, 2.75) is 77.2 Å². The van der Waals surface area contributed by atoms with Crippen molar-refractivity contribution in [2.75, 3.05) is 12.4 Å². The summed E-state index contributed by atoms with van der Waals surface area (Å²) in [6, 6.07) is -0.406. The van der Waals surface area contributed by atoms with Gasteiger partial charge in [-0.15, -0.1) is 10.2 Å². The standard InChI is InChI=1S/C17H30N4O4S/c1-5-7-13(18)15-19-20-16(21(15)10-12-8-6-9-25-12)26(23,24)11-14(22)17(2,3)4/h12-13H,5-11,18H2,1-4H3. The molecule has 8 nitrogen and oxygen atoms in total. The minimum atomic E-state index is -3.91. The SMILES string of the molecule is CCCC(N)c1nnc(S(=O)(=O)CC(=O)C(C)(C)C)n1CC1CCCO1. The Kier molecular flexibility index (Phi) is 6.57. The number of rotatable bonds is 8. The molecule has 148 valence electrons. The molecule has 0 saturated carbocycles. The minimum absolute atomic E-state index is 0.0918. The molecule has 0 radical (unpaired) electrons. The second-order valence-corrected chi connectivity index (χ2v) is 9.80. The Bertz CT molecular complexity index is 730. The van der Waals surface area contributed by atoms with Gasteiger partial charge in [-0.2, -0.15) is 0 Å². The number of aromatic nitrogens is 3. The van der Waals surface area contributed by atoms with Gasteiger partial charge in [0.1, 0.15) is 5.75 Å². The van der Waals surface area contributed by atoms with Gasteiger partial charge in [0.05, 0.1) is 18.7 Å². The zero-order valence-corrected chi connectivity index (χ0v) is 16.9. The highest BCUT2D eigenvalue weighted by atomic mass is 32.2. The summed E-state index contributed by atoms with van der Waals surface area (Å²) in [4.78, 5) is 12.3. The fourth-order valence-electron chi connectivity index (χ4n) is 2.86. The summed E-state index contributed by atoms with van der Waals surface area (Å²) in [7, 11) is -3.91. The lowest BCUT2D eigenvalue weighted by Gasteiger charge is -2.19. The van der Waals surface area contributed by atoms with Gasteiger partial charge >= 0.3 is 0 Å². The summed E-state index contributed by atoms with van der Waals surface area (Å²) in [5.74, 6) is -0.517. The predicted molar refractivity (Wildman–Crippen MR) is 97.3 cm³/mol. The van der Waals surface area contributed by atoms with Crippen LogP contribution in [0.4, 0.5) is 0 Å². The third-order valence-corrected chi connectivity index (χ3v) is 6.02. The summed E-state index contributed by atoms with van der Waals surface area (Å²) < 4.78 is 32.9. The Balaban J connectivity index is 2.38. The van der Waals surface area contributed by atoms with E-state index < -0.39 is 27.0 Å². The van der Waals surface area contributed by atoms with Crippen molar-refractivity contribution in [3.63, 3.8) is 0 Å². The lowest BCUT2D eigenvalue weighted by atomic mass is 9.92. The molecule has 0 aromatic carbocycles. The molecule has 9 heteroatoms. The number of nitrogens with zero attached hydrogens (tertiary/aromatic N) is 3. The van der Waals surface area contributed by atoms with Crippen LogP contribution in [0, 0.1) is 5.41 Å². The Morgan fingerprint density at radius 3 is 2.62 bits per heavy atom. The highest BCUT2D eigenvalue weighted by Gasteiger charge is 2.34. The summed E-state index contributed by atoms with van der Waals surface area (Å²) in [6.07, 6.45) is 3.21. The summed E-state index contributed by atoms with van der Waals surface area (Å²) in [5.41, 5.74) is 5.44. The van der Waals surface area contributed by atoms with Crippen molar-refractivity contribution >= 4 is 15.6 Å². The highest BCUT2D eigenvalue weighted by molar-refractivity contribution is 7.92. The van der Waals surface area contributed by atoms with Crippen LogP contribution in [0.1, 0.15) is 65.2 Å². The topological polar surface area (TPSA) is 117 Å². The molecular formula is C17H30N4O4S. The van der Waals surface area contributed by atoms with E-state index in [9.17, 15) is 13.2 Å². The molecule has 1 aromatic heterocycles. The molecule has 1 aliphatic heterocycles. The highest BCUT2D eigenvalue weighted by Crippen LogP contribution is 2.24. The lowest BCUT2D eigenvalue weighted by Crippen LogP contribution is -2.30. The summed E-state index contributed by atoms with van der Waals surface area (Å²) >= 11 is 0. The molecule has 2 rings (SSSR count). The van der Waals surface area contributed by atoms with E-state index in [1.54, 1.807) is 25.3 Å². The molecule has 0 amide bonds. The van der Waals surface area contributed by atoms with Gasteiger partial charge in [0.2, 0.25) is 15.0 Å². The number of nitrogens with two attached hydrogens (primary N) is 1. The fraction of sp³-hybridized carbons (Fsp3) is 0.824. The number of hydrogen-bond donors (Lipinski definition) is 1. The van der Waals surface area contributed by atoms with Crippen molar-refractivity contribution in [3.8, 4) is 0 Å². The maximum absolute atomic E-state index is 12.9. The maximum Gasteiger partial charge on any atom is 0.250 e. The van der Waals surface area contributed by atoms with Gasteiger partial charge in [-0.25, -0.2) is 8.42 Å². The molecule has 1 fully saturated rings. The van der Waals surface area contributed by atoms with Gasteiger partial charge in [-0.05, 0) is 19.3 Å². The molecule has 0 aliphatic carbocycles. The molecule has 0 spiro atoms. The molecule has 1 aromatic rings. The van der Waals surface area contributed by atoms with Gasteiger partial charge in [0, 0.05) is 12.0 Å². The monoisotopic (exact) mass is 386 g/mol. The average molecular weight is 387 g/mol. The Hall–Kier alpha value is -1.32. The van der Waals surface area contributed by atoms with E-state index >= 15 is 0 Å². The van der Waals surface area contributed by atoms with E-state index in [2.05, 4.69) is 10.2 Å². The van der Waals surface area contributed by atoms with E-state index in [0.29, 0.717) is 25.4 Å². The Labute approximate surface area is 155 Å². The Morgan fingerprint density at radius 1 is 1.38 bits per heavy atom. The average Bonchev–Trinajstić information content (AvgIpc) is 3.16. The van der Waals surface area contributed by atoms with Crippen LogP contribution in [0.2, 0.25) is 0 Å². The third kappa shape index (κ3) is 4.89. The normalized spacial score (nSPS) is 19.7. The molecule has 26 heavy (non-hydrogen) atoms. The van der Waals surface area contributed by atoms with Gasteiger partial charge < -0.3 is 10.5 Å². The van der Waals surface area contributed by atoms with Crippen molar-refractivity contribution < 1.29 is 17.9 Å². The van der Waals surface area contributed by atoms with E-state index in [4.69, 9.17) is 10.5 Å². The Morgan fingerprint density at radius 2 is 2.08 bits per heavy atom. The smallest absolute Gasteiger partial charge is 0.250 e. The lowest BCUT2D eigenvalue weighted by molar-refractivity contribution is -0.123. The van der Waals surface area contributed by atoms with Crippen molar-refractivity contribution in [1.82, 2.24) is 14.8 Å². The van der Waals surface area contributed by atoms with Gasteiger partial charge in [-0.3, -0.25) is 9.36 Å². The number of ketones is 1. The molecular weight excluding hydrogens is 356 g/mol. The number of hydrogen-bond acceptors (Lipinski definition) is 7.